The van der Waals surface area contributed by atoms with Crippen LogP contribution in [0.15, 0.2) is 34.8 Å². The number of aliphatic hydroxyl groups is 3. The highest BCUT2D eigenvalue weighted by atomic mass is 16.4. The van der Waals surface area contributed by atoms with E-state index in [0.29, 0.717) is 5.56 Å². The molecule has 0 aromatic heterocycles. The standard InChI is InChI=1S/C23H27N3O7.C4H6O4/c1-25(2)12-5-6-13(27)15-10(12)7-9-8-11-17(26(3)4)19(29)16(22(24)32)21(31)23(11,33)20(30)14(9)18(15)28;5-3(6)1-2-4(7)8/h5-6,9,11,17,27,29-30,33H,7-8H2,1-4H3,(H2,24,32);1-2H2,(H,5,6)(H,7,8)/t9-,11-,17-,23-;/m0./s1. The molecule has 4 rings (SSSR count). The third kappa shape index (κ3) is 5.23. The molecule has 0 saturated carbocycles. The number of ketones is 2. The molecular formula is C27H33N3O11. The zero-order valence-corrected chi connectivity index (χ0v) is 22.9. The van der Waals surface area contributed by atoms with Crippen molar-refractivity contribution in [1.82, 2.24) is 4.90 Å². The molecular weight excluding hydrogens is 542 g/mol. The monoisotopic (exact) mass is 575 g/mol. The molecule has 0 bridgehead atoms. The second-order valence-electron chi connectivity index (χ2n) is 10.6. The third-order valence-electron chi connectivity index (χ3n) is 7.62. The van der Waals surface area contributed by atoms with Crippen LogP contribution < -0.4 is 10.6 Å². The zero-order chi connectivity index (χ0) is 31.1. The van der Waals surface area contributed by atoms with E-state index in [9.17, 15) is 44.4 Å². The second-order valence-corrected chi connectivity index (χ2v) is 10.6. The zero-order valence-electron chi connectivity index (χ0n) is 22.9. The predicted molar refractivity (Wildman–Crippen MR) is 143 cm³/mol. The summed E-state index contributed by atoms with van der Waals surface area (Å²) in [4.78, 5) is 61.3. The number of allylic oxidation sites excluding steroid dienone is 1. The molecule has 1 aromatic carbocycles. The average molecular weight is 576 g/mol. The van der Waals surface area contributed by atoms with Crippen LogP contribution in [0.2, 0.25) is 0 Å². The van der Waals surface area contributed by atoms with Crippen LogP contribution in [0, 0.1) is 11.8 Å². The number of carbonyl (C=O) groups excluding carboxylic acids is 3. The van der Waals surface area contributed by atoms with Crippen molar-refractivity contribution in [3.8, 4) is 5.75 Å². The van der Waals surface area contributed by atoms with Gasteiger partial charge in [-0.25, -0.2) is 0 Å². The minimum Gasteiger partial charge on any atom is -0.510 e. The summed E-state index contributed by atoms with van der Waals surface area (Å²) in [5, 5.41) is 59.7. The first-order valence-corrected chi connectivity index (χ1v) is 12.6. The molecule has 3 aliphatic rings. The van der Waals surface area contributed by atoms with E-state index in [1.807, 2.05) is 0 Å². The number of aromatic hydroxyl groups is 1. The van der Waals surface area contributed by atoms with Crippen LogP contribution in [0.4, 0.5) is 5.69 Å². The number of benzene rings is 1. The van der Waals surface area contributed by atoms with Crippen molar-refractivity contribution in [2.75, 3.05) is 33.1 Å². The van der Waals surface area contributed by atoms with Crippen LogP contribution >= 0.6 is 0 Å². The van der Waals surface area contributed by atoms with E-state index >= 15 is 0 Å². The minimum atomic E-state index is -2.63. The van der Waals surface area contributed by atoms with E-state index in [2.05, 4.69) is 0 Å². The molecule has 1 amide bonds. The lowest BCUT2D eigenvalue weighted by atomic mass is 9.58. The predicted octanol–water partition coefficient (Wildman–Crippen LogP) is 0.122. The molecule has 0 unspecified atom stereocenters. The number of carbonyl (C=O) groups is 5. The van der Waals surface area contributed by atoms with E-state index in [0.717, 1.165) is 5.69 Å². The number of amides is 1. The van der Waals surface area contributed by atoms with Crippen molar-refractivity contribution >= 4 is 35.1 Å². The fourth-order valence-electron chi connectivity index (χ4n) is 5.87. The summed E-state index contributed by atoms with van der Waals surface area (Å²) in [7, 11) is 6.79. The third-order valence-corrected chi connectivity index (χ3v) is 7.62. The molecule has 41 heavy (non-hydrogen) atoms. The number of fused-ring (bicyclic) bond motifs is 3. The Morgan fingerprint density at radius 1 is 1.00 bits per heavy atom. The molecule has 1 aromatic rings. The molecule has 3 aliphatic carbocycles. The smallest absolute Gasteiger partial charge is 0.303 e. The number of nitrogens with zero attached hydrogens (tertiary/aromatic N) is 2. The van der Waals surface area contributed by atoms with Crippen molar-refractivity contribution in [3.05, 3.63) is 45.9 Å². The normalized spacial score (nSPS) is 25.1. The SMILES string of the molecule is CN(C)c1ccc(O)c2c1C[C@H]1C[C@H]3[C@H](N(C)C)C(O)=C(C(N)=O)C(=O)[C@@]3(O)C(O)=C1C2=O.O=C(O)CCC(=O)O. The van der Waals surface area contributed by atoms with Gasteiger partial charge >= 0.3 is 11.9 Å². The van der Waals surface area contributed by atoms with Crippen molar-refractivity contribution in [2.45, 2.75) is 37.3 Å². The lowest BCUT2D eigenvalue weighted by Crippen LogP contribution is -2.63. The summed E-state index contributed by atoms with van der Waals surface area (Å²) in [6, 6.07) is 2.06. The van der Waals surface area contributed by atoms with Gasteiger partial charge in [0.05, 0.1) is 24.4 Å². The molecule has 222 valence electrons. The van der Waals surface area contributed by atoms with Crippen LogP contribution in [0.3, 0.4) is 0 Å². The number of nitrogens with two attached hydrogens (primary N) is 1. The Kier molecular flexibility index (Phi) is 8.51. The highest BCUT2D eigenvalue weighted by molar-refractivity contribution is 6.24. The number of phenolic OH excluding ortho intramolecular Hbond substituents is 1. The molecule has 0 radical (unpaired) electrons. The van der Waals surface area contributed by atoms with E-state index in [-0.39, 0.29) is 42.6 Å². The number of hydrogen-bond acceptors (Lipinski definition) is 11. The van der Waals surface area contributed by atoms with Gasteiger partial charge in [-0.2, -0.15) is 0 Å². The average Bonchev–Trinajstić information content (AvgIpc) is 2.84. The quantitative estimate of drug-likeness (QED) is 0.223. The lowest BCUT2D eigenvalue weighted by Gasteiger charge is -2.50. The summed E-state index contributed by atoms with van der Waals surface area (Å²) < 4.78 is 0. The van der Waals surface area contributed by atoms with Crippen LogP contribution in [-0.2, 0) is 25.6 Å². The molecule has 14 nitrogen and oxygen atoms in total. The number of likely N-dealkylation sites (N-methyl/N-ethyl adjacent to an activating group) is 1. The molecule has 8 N–H and O–H groups in total. The number of anilines is 1. The van der Waals surface area contributed by atoms with Crippen LogP contribution in [-0.4, -0.2) is 105 Å². The molecule has 14 heteroatoms. The van der Waals surface area contributed by atoms with Crippen molar-refractivity contribution < 1.29 is 54.6 Å². The van der Waals surface area contributed by atoms with Gasteiger partial charge in [0, 0.05) is 31.3 Å². The number of carboxylic acid groups (broad SMARTS) is 2. The lowest BCUT2D eigenvalue weighted by molar-refractivity contribution is -0.148. The largest absolute Gasteiger partial charge is 0.510 e. The Morgan fingerprint density at radius 3 is 2.02 bits per heavy atom. The maximum atomic E-state index is 13.5. The molecule has 0 aliphatic heterocycles. The number of phenols is 1. The Balaban J connectivity index is 0.000000507. The Hall–Kier alpha value is -4.43. The van der Waals surface area contributed by atoms with E-state index < -0.39 is 70.0 Å². The van der Waals surface area contributed by atoms with Crippen LogP contribution in [0.5, 0.6) is 5.75 Å². The number of aliphatic carboxylic acids is 2. The topological polar surface area (TPSA) is 239 Å². The number of rotatable bonds is 6. The number of hydrogen-bond donors (Lipinski definition) is 7. The first kappa shape index (κ1) is 31.1. The maximum absolute atomic E-state index is 13.5. The van der Waals surface area contributed by atoms with Crippen molar-refractivity contribution in [2.24, 2.45) is 17.6 Å². The van der Waals surface area contributed by atoms with E-state index in [1.165, 1.54) is 11.0 Å². The second kappa shape index (κ2) is 11.2. The minimum absolute atomic E-state index is 0.00184. The van der Waals surface area contributed by atoms with Gasteiger partial charge in [-0.3, -0.25) is 28.9 Å². The van der Waals surface area contributed by atoms with Gasteiger partial charge in [-0.05, 0) is 50.6 Å². The first-order valence-electron chi connectivity index (χ1n) is 12.6. The number of carboxylic acids is 2. The highest BCUT2D eigenvalue weighted by Crippen LogP contribution is 2.53. The number of aliphatic hydroxyl groups excluding tert-OH is 2. The van der Waals surface area contributed by atoms with Gasteiger partial charge < -0.3 is 41.3 Å². The van der Waals surface area contributed by atoms with Crippen LogP contribution in [0.1, 0.15) is 35.2 Å². The molecule has 0 spiro atoms. The van der Waals surface area contributed by atoms with E-state index in [1.54, 1.807) is 39.2 Å². The molecule has 0 fully saturated rings. The fraction of sp³-hybridized carbons (Fsp3) is 0.444. The van der Waals surface area contributed by atoms with Crippen molar-refractivity contribution in [1.29, 1.82) is 0 Å². The van der Waals surface area contributed by atoms with Gasteiger partial charge in [0.15, 0.2) is 11.4 Å². The molecule has 4 atom stereocenters. The Labute approximate surface area is 234 Å². The van der Waals surface area contributed by atoms with Gasteiger partial charge in [-0.1, -0.05) is 0 Å². The molecule has 0 heterocycles. The summed E-state index contributed by atoms with van der Waals surface area (Å²) >= 11 is 0. The van der Waals surface area contributed by atoms with Gasteiger partial charge in [-0.15, -0.1) is 0 Å². The Bertz CT molecular complexity index is 1380. The van der Waals surface area contributed by atoms with Crippen molar-refractivity contribution in [3.63, 3.8) is 0 Å². The van der Waals surface area contributed by atoms with Gasteiger partial charge in [0.1, 0.15) is 22.8 Å². The number of primary amides is 1. The summed E-state index contributed by atoms with van der Waals surface area (Å²) in [5.41, 5.74) is 3.02. The summed E-state index contributed by atoms with van der Waals surface area (Å²) in [6.45, 7) is 0. The van der Waals surface area contributed by atoms with E-state index in [4.69, 9.17) is 15.9 Å². The van der Waals surface area contributed by atoms with Gasteiger partial charge in [0.25, 0.3) is 5.91 Å². The molecule has 0 saturated heterocycles. The fourth-order valence-corrected chi connectivity index (χ4v) is 5.87. The van der Waals surface area contributed by atoms with Gasteiger partial charge in [0.2, 0.25) is 5.78 Å². The Morgan fingerprint density at radius 2 is 1.56 bits per heavy atom. The maximum Gasteiger partial charge on any atom is 0.303 e. The number of Topliss-reactive ketones (excluding diaryl/α,β-unsaturated/α-hetero) is 2. The highest BCUT2D eigenvalue weighted by Gasteiger charge is 2.63. The van der Waals surface area contributed by atoms with Crippen LogP contribution in [0.25, 0.3) is 0 Å². The summed E-state index contributed by atoms with van der Waals surface area (Å²) in [6.07, 6.45) is -0.268. The summed E-state index contributed by atoms with van der Waals surface area (Å²) in [5.74, 6) is -8.69. The first-order chi connectivity index (χ1) is 19.0.